The third-order valence-electron chi connectivity index (χ3n) is 6.94. The van der Waals surface area contributed by atoms with E-state index in [1.165, 1.54) is 11.6 Å². The average molecular weight is 531 g/mol. The Morgan fingerprint density at radius 1 is 0.897 bits per heavy atom. The molecule has 0 spiro atoms. The minimum Gasteiger partial charge on any atom is -0.354 e. The summed E-state index contributed by atoms with van der Waals surface area (Å²) in [6.45, 7) is 6.18. The van der Waals surface area contributed by atoms with Crippen LogP contribution in [0.15, 0.2) is 91.1 Å². The molecule has 200 valence electrons. The maximum atomic E-state index is 13.0. The number of amides is 1. The lowest BCUT2D eigenvalue weighted by atomic mass is 9.98. The number of carbonyl (C=O) groups is 1. The molecule has 1 N–H and O–H groups in total. The van der Waals surface area contributed by atoms with E-state index in [2.05, 4.69) is 44.4 Å². The molecule has 0 unspecified atom stereocenters. The van der Waals surface area contributed by atoms with Crippen LogP contribution in [-0.2, 0) is 12.7 Å². The standard InChI is InChI=1S/C31H29F3N4O/c1-22-18-26(31(32,33)34)11-12-28(22)24-8-5-9-27(19-24)36-30(39)25-10-13-29(35-20-25)38-16-14-37(15-17-38)21-23-6-3-2-4-7-23/h2-13,18-20H,14-17,21H2,1H3,(H,36,39). The lowest BCUT2D eigenvalue weighted by molar-refractivity contribution is -0.137. The summed E-state index contributed by atoms with van der Waals surface area (Å²) in [7, 11) is 0. The molecule has 0 radical (unpaired) electrons. The number of piperazine rings is 1. The first-order valence-electron chi connectivity index (χ1n) is 12.8. The SMILES string of the molecule is Cc1cc(C(F)(F)F)ccc1-c1cccc(NC(=O)c2ccc(N3CCN(Cc4ccccc4)CC3)nc2)c1. The zero-order valence-corrected chi connectivity index (χ0v) is 21.6. The second-order valence-corrected chi connectivity index (χ2v) is 9.72. The summed E-state index contributed by atoms with van der Waals surface area (Å²) in [5.74, 6) is 0.536. The minimum absolute atomic E-state index is 0.303. The monoisotopic (exact) mass is 530 g/mol. The van der Waals surface area contributed by atoms with Crippen LogP contribution in [0.4, 0.5) is 24.7 Å². The molecule has 0 saturated carbocycles. The number of aromatic nitrogens is 1. The average Bonchev–Trinajstić information content (AvgIpc) is 2.94. The first-order valence-corrected chi connectivity index (χ1v) is 12.8. The summed E-state index contributed by atoms with van der Waals surface area (Å²) >= 11 is 0. The number of pyridine rings is 1. The van der Waals surface area contributed by atoms with Crippen LogP contribution in [0.25, 0.3) is 11.1 Å². The molecule has 0 aliphatic carbocycles. The Morgan fingerprint density at radius 3 is 2.33 bits per heavy atom. The Morgan fingerprint density at radius 2 is 1.67 bits per heavy atom. The molecule has 3 aromatic carbocycles. The number of carbonyl (C=O) groups excluding carboxylic acids is 1. The summed E-state index contributed by atoms with van der Waals surface area (Å²) in [5.41, 5.74) is 3.51. The Labute approximate surface area is 225 Å². The van der Waals surface area contributed by atoms with E-state index in [9.17, 15) is 18.0 Å². The van der Waals surface area contributed by atoms with Gasteiger partial charge in [-0.1, -0.05) is 48.5 Å². The van der Waals surface area contributed by atoms with Crippen molar-refractivity contribution >= 4 is 17.4 Å². The fourth-order valence-electron chi connectivity index (χ4n) is 4.82. The second-order valence-electron chi connectivity index (χ2n) is 9.72. The molecule has 1 aliphatic heterocycles. The number of nitrogens with one attached hydrogen (secondary N) is 1. The van der Waals surface area contributed by atoms with Gasteiger partial charge in [0.1, 0.15) is 5.82 Å². The van der Waals surface area contributed by atoms with Crippen LogP contribution >= 0.6 is 0 Å². The highest BCUT2D eigenvalue weighted by atomic mass is 19.4. The fourth-order valence-corrected chi connectivity index (χ4v) is 4.82. The number of hydrogen-bond acceptors (Lipinski definition) is 4. The number of alkyl halides is 3. The van der Waals surface area contributed by atoms with Crippen molar-refractivity contribution in [1.82, 2.24) is 9.88 Å². The summed E-state index contributed by atoms with van der Waals surface area (Å²) in [6.07, 6.45) is -2.82. The Hall–Kier alpha value is -4.17. The molecule has 1 amide bonds. The van der Waals surface area contributed by atoms with Crippen LogP contribution in [0.3, 0.4) is 0 Å². The van der Waals surface area contributed by atoms with Gasteiger partial charge in [-0.3, -0.25) is 9.69 Å². The van der Waals surface area contributed by atoms with Gasteiger partial charge in [-0.2, -0.15) is 13.2 Å². The maximum absolute atomic E-state index is 13.0. The van der Waals surface area contributed by atoms with Crippen LogP contribution in [0.1, 0.15) is 27.0 Å². The lowest BCUT2D eigenvalue weighted by Gasteiger charge is -2.35. The van der Waals surface area contributed by atoms with E-state index in [-0.39, 0.29) is 5.91 Å². The Balaban J connectivity index is 1.20. The molecular formula is C31H29F3N4O. The molecule has 0 bridgehead atoms. The molecule has 5 nitrogen and oxygen atoms in total. The minimum atomic E-state index is -4.39. The molecule has 1 aliphatic rings. The predicted octanol–water partition coefficient (Wildman–Crippen LogP) is 6.65. The topological polar surface area (TPSA) is 48.5 Å². The van der Waals surface area contributed by atoms with Crippen molar-refractivity contribution in [2.75, 3.05) is 36.4 Å². The Bertz CT molecular complexity index is 1430. The number of anilines is 2. The quantitative estimate of drug-likeness (QED) is 0.303. The third-order valence-corrected chi connectivity index (χ3v) is 6.94. The van der Waals surface area contributed by atoms with Crippen LogP contribution in [0.5, 0.6) is 0 Å². The smallest absolute Gasteiger partial charge is 0.354 e. The van der Waals surface area contributed by atoms with Gasteiger partial charge in [0.25, 0.3) is 5.91 Å². The van der Waals surface area contributed by atoms with E-state index in [0.717, 1.165) is 56.2 Å². The van der Waals surface area contributed by atoms with Crippen molar-refractivity contribution in [3.63, 3.8) is 0 Å². The van der Waals surface area contributed by atoms with Gasteiger partial charge in [-0.05, 0) is 65.6 Å². The first-order chi connectivity index (χ1) is 18.8. The van der Waals surface area contributed by atoms with E-state index in [1.807, 2.05) is 12.1 Å². The van der Waals surface area contributed by atoms with Gasteiger partial charge in [-0.15, -0.1) is 0 Å². The van der Waals surface area contributed by atoms with Crippen LogP contribution in [0, 0.1) is 6.92 Å². The van der Waals surface area contributed by atoms with Gasteiger partial charge in [0.2, 0.25) is 0 Å². The van der Waals surface area contributed by atoms with E-state index in [4.69, 9.17) is 0 Å². The molecule has 1 saturated heterocycles. The van der Waals surface area contributed by atoms with Gasteiger partial charge < -0.3 is 10.2 Å². The zero-order chi connectivity index (χ0) is 27.4. The number of hydrogen-bond donors (Lipinski definition) is 1. The molecule has 4 aromatic rings. The molecule has 5 rings (SSSR count). The van der Waals surface area contributed by atoms with Crippen LogP contribution < -0.4 is 10.2 Å². The highest BCUT2D eigenvalue weighted by Crippen LogP contribution is 2.33. The number of aryl methyl sites for hydroxylation is 1. The van der Waals surface area contributed by atoms with Gasteiger partial charge in [0.15, 0.2) is 0 Å². The zero-order valence-electron chi connectivity index (χ0n) is 21.6. The molecule has 8 heteroatoms. The highest BCUT2D eigenvalue weighted by molar-refractivity contribution is 6.04. The summed E-state index contributed by atoms with van der Waals surface area (Å²) in [5, 5.41) is 2.87. The first kappa shape index (κ1) is 26.4. The normalized spacial score (nSPS) is 14.3. The number of halogens is 3. The third kappa shape index (κ3) is 6.46. The van der Waals surface area contributed by atoms with Gasteiger partial charge >= 0.3 is 6.18 Å². The van der Waals surface area contributed by atoms with E-state index in [1.54, 1.807) is 43.5 Å². The molecule has 0 atom stereocenters. The summed E-state index contributed by atoms with van der Waals surface area (Å²) < 4.78 is 39.1. The largest absolute Gasteiger partial charge is 0.416 e. The van der Waals surface area contributed by atoms with Gasteiger partial charge in [0, 0.05) is 44.6 Å². The van der Waals surface area contributed by atoms with Crippen molar-refractivity contribution < 1.29 is 18.0 Å². The van der Waals surface area contributed by atoms with E-state index in [0.29, 0.717) is 22.4 Å². The summed E-state index contributed by atoms with van der Waals surface area (Å²) in [6, 6.07) is 24.8. The molecule has 39 heavy (non-hydrogen) atoms. The van der Waals surface area contributed by atoms with Crippen LogP contribution in [0.2, 0.25) is 0 Å². The molecule has 2 heterocycles. The van der Waals surface area contributed by atoms with E-state index < -0.39 is 11.7 Å². The summed E-state index contributed by atoms with van der Waals surface area (Å²) in [4.78, 5) is 22.1. The van der Waals surface area contributed by atoms with Crippen LogP contribution in [-0.4, -0.2) is 42.0 Å². The Kier molecular flexibility index (Phi) is 7.65. The maximum Gasteiger partial charge on any atom is 0.416 e. The number of nitrogens with zero attached hydrogens (tertiary/aromatic N) is 3. The molecule has 1 aromatic heterocycles. The lowest BCUT2D eigenvalue weighted by Crippen LogP contribution is -2.46. The van der Waals surface area contributed by atoms with Crippen molar-refractivity contribution in [1.29, 1.82) is 0 Å². The van der Waals surface area contributed by atoms with Crippen molar-refractivity contribution in [2.24, 2.45) is 0 Å². The van der Waals surface area contributed by atoms with Crippen molar-refractivity contribution in [3.05, 3.63) is 113 Å². The highest BCUT2D eigenvalue weighted by Gasteiger charge is 2.30. The second kappa shape index (κ2) is 11.3. The fraction of sp³-hybridized carbons (Fsp3) is 0.226. The van der Waals surface area contributed by atoms with E-state index >= 15 is 0 Å². The molecule has 1 fully saturated rings. The number of benzene rings is 3. The number of rotatable bonds is 6. The predicted molar refractivity (Wildman–Crippen MR) is 148 cm³/mol. The molecular weight excluding hydrogens is 501 g/mol. The van der Waals surface area contributed by atoms with Crippen molar-refractivity contribution in [2.45, 2.75) is 19.6 Å². The van der Waals surface area contributed by atoms with Crippen molar-refractivity contribution in [3.8, 4) is 11.1 Å². The van der Waals surface area contributed by atoms with Gasteiger partial charge in [-0.25, -0.2) is 4.98 Å². The van der Waals surface area contributed by atoms with Gasteiger partial charge in [0.05, 0.1) is 11.1 Å².